The lowest BCUT2D eigenvalue weighted by molar-refractivity contribution is 0.0600. The van der Waals surface area contributed by atoms with Crippen molar-refractivity contribution in [2.24, 2.45) is 0 Å². The Hall–Kier alpha value is -3.19. The molecule has 0 unspecified atom stereocenters. The summed E-state index contributed by atoms with van der Waals surface area (Å²) in [7, 11) is 1.28. The van der Waals surface area contributed by atoms with Crippen molar-refractivity contribution in [3.63, 3.8) is 0 Å². The zero-order valence-electron chi connectivity index (χ0n) is 14.2. The number of carbonyl (C=O) groups is 2. The summed E-state index contributed by atoms with van der Waals surface area (Å²) < 4.78 is 10.0. The Labute approximate surface area is 156 Å². The minimum atomic E-state index is -0.515. The molecule has 2 aromatic carbocycles. The van der Waals surface area contributed by atoms with Gasteiger partial charge in [0.1, 0.15) is 12.4 Å². The van der Waals surface area contributed by atoms with Crippen LogP contribution in [-0.4, -0.2) is 30.7 Å². The Kier molecular flexibility index (Phi) is 6.87. The van der Waals surface area contributed by atoms with Crippen molar-refractivity contribution in [1.82, 2.24) is 5.32 Å². The van der Waals surface area contributed by atoms with Gasteiger partial charge in [-0.15, -0.1) is 0 Å². The van der Waals surface area contributed by atoms with Crippen LogP contribution in [0.3, 0.4) is 0 Å². The Morgan fingerprint density at radius 1 is 1.15 bits per heavy atom. The predicted octanol–water partition coefficient (Wildman–Crippen LogP) is 3.16. The van der Waals surface area contributed by atoms with Crippen LogP contribution in [0, 0.1) is 0 Å². The molecule has 0 bridgehead atoms. The highest BCUT2D eigenvalue weighted by Gasteiger charge is 2.12. The third-order valence-electron chi connectivity index (χ3n) is 3.25. The number of carbonyl (C=O) groups excluding carboxylic acids is 2. The van der Waals surface area contributed by atoms with Gasteiger partial charge in [0.25, 0.3) is 5.91 Å². The van der Waals surface area contributed by atoms with Crippen LogP contribution in [0.1, 0.15) is 20.7 Å². The number of esters is 1. The van der Waals surface area contributed by atoms with E-state index >= 15 is 0 Å². The summed E-state index contributed by atoms with van der Waals surface area (Å²) in [5, 5.41) is 5.61. The number of hydrogen-bond acceptors (Lipinski definition) is 5. The molecule has 0 aliphatic heterocycles. The molecule has 26 heavy (non-hydrogen) atoms. The Bertz CT molecular complexity index is 819. The summed E-state index contributed by atoms with van der Waals surface area (Å²) in [4.78, 5) is 23.8. The smallest absolute Gasteiger partial charge is 0.337 e. The number of hydrogen-bond donors (Lipinski definition) is 2. The lowest BCUT2D eigenvalue weighted by Crippen LogP contribution is -2.34. The van der Waals surface area contributed by atoms with E-state index in [1.807, 2.05) is 0 Å². The fourth-order valence-electron chi connectivity index (χ4n) is 2.03. The molecule has 2 N–H and O–H groups in total. The number of thiocarbonyl (C=S) groups is 1. The fraction of sp³-hybridized carbons (Fsp3) is 0.105. The summed E-state index contributed by atoms with van der Waals surface area (Å²) >= 11 is 5.14. The first-order valence-electron chi connectivity index (χ1n) is 7.68. The largest absolute Gasteiger partial charge is 0.490 e. The van der Waals surface area contributed by atoms with Gasteiger partial charge < -0.3 is 14.8 Å². The molecule has 2 rings (SSSR count). The van der Waals surface area contributed by atoms with Crippen molar-refractivity contribution >= 4 is 34.9 Å². The normalized spacial score (nSPS) is 9.73. The second kappa shape index (κ2) is 9.33. The standard InChI is InChI=1S/C19H18N2O4S/c1-3-11-25-16-9-7-15(8-10-16)20-19(26)21-17(22)13-5-4-6-14(12-13)18(23)24-2/h3-10,12H,1,11H2,2H3,(H2,20,21,22,26). The van der Waals surface area contributed by atoms with Gasteiger partial charge in [-0.05, 0) is 54.7 Å². The van der Waals surface area contributed by atoms with Crippen LogP contribution >= 0.6 is 12.2 Å². The predicted molar refractivity (Wildman–Crippen MR) is 104 cm³/mol. The average molecular weight is 370 g/mol. The summed E-state index contributed by atoms with van der Waals surface area (Å²) in [6.07, 6.45) is 1.66. The maximum atomic E-state index is 12.3. The van der Waals surface area contributed by atoms with Gasteiger partial charge in [-0.2, -0.15) is 0 Å². The summed E-state index contributed by atoms with van der Waals surface area (Å²) in [6.45, 7) is 4.01. The van der Waals surface area contributed by atoms with Gasteiger partial charge in [0.15, 0.2) is 5.11 Å². The first-order chi connectivity index (χ1) is 12.5. The van der Waals surface area contributed by atoms with Gasteiger partial charge in [0.2, 0.25) is 0 Å². The van der Waals surface area contributed by atoms with Crippen LogP contribution in [0.2, 0.25) is 0 Å². The molecule has 7 heteroatoms. The van der Waals surface area contributed by atoms with Crippen LogP contribution in [0.5, 0.6) is 5.75 Å². The van der Waals surface area contributed by atoms with Gasteiger partial charge in [0, 0.05) is 11.3 Å². The lowest BCUT2D eigenvalue weighted by Gasteiger charge is -2.11. The molecule has 0 heterocycles. The topological polar surface area (TPSA) is 76.7 Å². The highest BCUT2D eigenvalue weighted by Crippen LogP contribution is 2.15. The van der Waals surface area contributed by atoms with Crippen molar-refractivity contribution in [1.29, 1.82) is 0 Å². The number of amides is 1. The number of benzene rings is 2. The lowest BCUT2D eigenvalue weighted by atomic mass is 10.1. The van der Waals surface area contributed by atoms with Crippen molar-refractivity contribution in [3.8, 4) is 5.75 Å². The first-order valence-corrected chi connectivity index (χ1v) is 8.09. The molecule has 0 aromatic heterocycles. The molecule has 6 nitrogen and oxygen atoms in total. The Balaban J connectivity index is 1.95. The average Bonchev–Trinajstić information content (AvgIpc) is 2.66. The molecular formula is C19H18N2O4S. The van der Waals surface area contributed by atoms with Crippen LogP contribution in [0.15, 0.2) is 61.2 Å². The minimum absolute atomic E-state index is 0.137. The van der Waals surface area contributed by atoms with Gasteiger partial charge >= 0.3 is 5.97 Å². The number of anilines is 1. The third-order valence-corrected chi connectivity index (χ3v) is 3.46. The van der Waals surface area contributed by atoms with E-state index in [9.17, 15) is 9.59 Å². The second-order valence-electron chi connectivity index (χ2n) is 5.10. The van der Waals surface area contributed by atoms with Gasteiger partial charge in [-0.3, -0.25) is 10.1 Å². The monoisotopic (exact) mass is 370 g/mol. The highest BCUT2D eigenvalue weighted by atomic mass is 32.1. The van der Waals surface area contributed by atoms with Crippen LogP contribution < -0.4 is 15.4 Å². The Morgan fingerprint density at radius 2 is 1.85 bits per heavy atom. The number of rotatable bonds is 6. The van der Waals surface area contributed by atoms with E-state index in [4.69, 9.17) is 17.0 Å². The number of ether oxygens (including phenoxy) is 2. The van der Waals surface area contributed by atoms with E-state index < -0.39 is 11.9 Å². The van der Waals surface area contributed by atoms with Gasteiger partial charge in [0.05, 0.1) is 12.7 Å². The molecule has 134 valence electrons. The first kappa shape index (κ1) is 19.1. The van der Waals surface area contributed by atoms with Crippen molar-refractivity contribution in [3.05, 3.63) is 72.3 Å². The highest BCUT2D eigenvalue weighted by molar-refractivity contribution is 7.80. The molecule has 0 atom stereocenters. The summed E-state index contributed by atoms with van der Waals surface area (Å²) in [5.74, 6) is -0.247. The van der Waals surface area contributed by atoms with Crippen molar-refractivity contribution in [2.75, 3.05) is 19.0 Å². The quantitative estimate of drug-likeness (QED) is 0.462. The van der Waals surface area contributed by atoms with E-state index in [0.29, 0.717) is 23.6 Å². The molecule has 0 saturated heterocycles. The summed E-state index contributed by atoms with van der Waals surface area (Å²) in [5.41, 5.74) is 1.28. The maximum absolute atomic E-state index is 12.3. The van der Waals surface area contributed by atoms with Gasteiger partial charge in [-0.1, -0.05) is 18.7 Å². The van der Waals surface area contributed by atoms with Crippen LogP contribution in [0.4, 0.5) is 5.69 Å². The van der Waals surface area contributed by atoms with E-state index in [1.165, 1.54) is 13.2 Å². The Morgan fingerprint density at radius 3 is 2.50 bits per heavy atom. The molecule has 0 aliphatic rings. The SMILES string of the molecule is C=CCOc1ccc(NC(=S)NC(=O)c2cccc(C(=O)OC)c2)cc1. The molecule has 0 spiro atoms. The minimum Gasteiger partial charge on any atom is -0.490 e. The molecule has 0 fully saturated rings. The second-order valence-corrected chi connectivity index (χ2v) is 5.51. The number of nitrogens with one attached hydrogen (secondary N) is 2. The molecule has 1 amide bonds. The molecule has 0 radical (unpaired) electrons. The third kappa shape index (κ3) is 5.42. The van der Waals surface area contributed by atoms with Crippen LogP contribution in [-0.2, 0) is 4.74 Å². The van der Waals surface area contributed by atoms with E-state index in [-0.39, 0.29) is 10.7 Å². The zero-order chi connectivity index (χ0) is 18.9. The van der Waals surface area contributed by atoms with Crippen molar-refractivity contribution < 1.29 is 19.1 Å². The van der Waals surface area contributed by atoms with E-state index in [1.54, 1.807) is 48.5 Å². The number of methoxy groups -OCH3 is 1. The zero-order valence-corrected chi connectivity index (χ0v) is 15.0. The van der Waals surface area contributed by atoms with Crippen LogP contribution in [0.25, 0.3) is 0 Å². The molecule has 0 aliphatic carbocycles. The van der Waals surface area contributed by atoms with E-state index in [2.05, 4.69) is 21.9 Å². The fourth-order valence-corrected chi connectivity index (χ4v) is 2.24. The molecular weight excluding hydrogens is 352 g/mol. The van der Waals surface area contributed by atoms with E-state index in [0.717, 1.165) is 0 Å². The van der Waals surface area contributed by atoms with Crippen molar-refractivity contribution in [2.45, 2.75) is 0 Å². The maximum Gasteiger partial charge on any atom is 0.337 e. The summed E-state index contributed by atoms with van der Waals surface area (Å²) in [6, 6.07) is 13.3. The molecule has 2 aromatic rings. The van der Waals surface area contributed by atoms with Gasteiger partial charge in [-0.25, -0.2) is 4.79 Å². The molecule has 0 saturated carbocycles.